The third-order valence-corrected chi connectivity index (χ3v) is 4.15. The van der Waals surface area contributed by atoms with Crippen LogP contribution < -0.4 is 10.2 Å². The summed E-state index contributed by atoms with van der Waals surface area (Å²) < 4.78 is 13.5. The standard InChI is InChI=1S/C15H21FN2/c1-10-5-13(16)7-14(6-10)18-9-15(12-3-4-12)17-8-11(18)2/h5-7,11-12,15,17H,3-4,8-9H2,1-2H3. The highest BCUT2D eigenvalue weighted by Gasteiger charge is 2.36. The number of benzene rings is 1. The van der Waals surface area contributed by atoms with E-state index in [2.05, 4.69) is 23.2 Å². The second-order valence-corrected chi connectivity index (χ2v) is 5.84. The lowest BCUT2D eigenvalue weighted by Crippen LogP contribution is -2.56. The Morgan fingerprint density at radius 2 is 2.06 bits per heavy atom. The van der Waals surface area contributed by atoms with E-state index in [0.29, 0.717) is 12.1 Å². The highest BCUT2D eigenvalue weighted by molar-refractivity contribution is 5.50. The van der Waals surface area contributed by atoms with Crippen LogP contribution in [0.2, 0.25) is 0 Å². The maximum Gasteiger partial charge on any atom is 0.125 e. The van der Waals surface area contributed by atoms with Crippen LogP contribution in [-0.2, 0) is 0 Å². The van der Waals surface area contributed by atoms with Gasteiger partial charge >= 0.3 is 0 Å². The number of anilines is 1. The summed E-state index contributed by atoms with van der Waals surface area (Å²) >= 11 is 0. The van der Waals surface area contributed by atoms with Gasteiger partial charge in [-0.3, -0.25) is 0 Å². The summed E-state index contributed by atoms with van der Waals surface area (Å²) in [4.78, 5) is 2.36. The zero-order valence-corrected chi connectivity index (χ0v) is 11.1. The van der Waals surface area contributed by atoms with E-state index in [9.17, 15) is 4.39 Å². The molecule has 2 unspecified atom stereocenters. The summed E-state index contributed by atoms with van der Waals surface area (Å²) in [6.45, 7) is 6.17. The number of aryl methyl sites for hydroxylation is 1. The Morgan fingerprint density at radius 1 is 1.28 bits per heavy atom. The summed E-state index contributed by atoms with van der Waals surface area (Å²) in [5.41, 5.74) is 2.03. The molecular formula is C15H21FN2. The molecule has 1 saturated heterocycles. The summed E-state index contributed by atoms with van der Waals surface area (Å²) in [6, 6.07) is 6.37. The summed E-state index contributed by atoms with van der Waals surface area (Å²) in [5, 5.41) is 3.62. The zero-order valence-electron chi connectivity index (χ0n) is 11.1. The molecule has 2 fully saturated rings. The van der Waals surface area contributed by atoms with Crippen LogP contribution in [0.4, 0.5) is 10.1 Å². The van der Waals surface area contributed by atoms with Crippen LogP contribution in [0.5, 0.6) is 0 Å². The van der Waals surface area contributed by atoms with Crippen molar-refractivity contribution in [2.75, 3.05) is 18.0 Å². The fourth-order valence-corrected chi connectivity index (χ4v) is 2.95. The molecule has 1 N–H and O–H groups in total. The number of hydrogen-bond acceptors (Lipinski definition) is 2. The predicted octanol–water partition coefficient (Wildman–Crippen LogP) is 2.71. The van der Waals surface area contributed by atoms with E-state index in [1.165, 1.54) is 12.8 Å². The van der Waals surface area contributed by atoms with E-state index in [0.717, 1.165) is 30.3 Å². The molecule has 2 nitrogen and oxygen atoms in total. The molecule has 1 aromatic carbocycles. The first-order valence-electron chi connectivity index (χ1n) is 6.90. The van der Waals surface area contributed by atoms with Crippen molar-refractivity contribution in [3.05, 3.63) is 29.6 Å². The van der Waals surface area contributed by atoms with Gasteiger partial charge in [0.2, 0.25) is 0 Å². The first kappa shape index (κ1) is 12.0. The maximum absolute atomic E-state index is 13.5. The summed E-state index contributed by atoms with van der Waals surface area (Å²) in [6.07, 6.45) is 2.70. The Kier molecular flexibility index (Phi) is 3.02. The van der Waals surface area contributed by atoms with Gasteiger partial charge < -0.3 is 10.2 Å². The van der Waals surface area contributed by atoms with Gasteiger partial charge in [-0.15, -0.1) is 0 Å². The molecule has 0 spiro atoms. The molecule has 3 rings (SSSR count). The molecular weight excluding hydrogens is 227 g/mol. The van der Waals surface area contributed by atoms with E-state index in [1.54, 1.807) is 12.1 Å². The topological polar surface area (TPSA) is 15.3 Å². The number of nitrogens with zero attached hydrogens (tertiary/aromatic N) is 1. The van der Waals surface area contributed by atoms with Crippen LogP contribution in [0, 0.1) is 18.7 Å². The van der Waals surface area contributed by atoms with Crippen LogP contribution in [0.15, 0.2) is 18.2 Å². The van der Waals surface area contributed by atoms with Crippen molar-refractivity contribution in [2.45, 2.75) is 38.8 Å². The van der Waals surface area contributed by atoms with E-state index < -0.39 is 0 Å². The van der Waals surface area contributed by atoms with E-state index in [4.69, 9.17) is 0 Å². The van der Waals surface area contributed by atoms with E-state index >= 15 is 0 Å². The number of piperazine rings is 1. The molecule has 1 aliphatic carbocycles. The van der Waals surface area contributed by atoms with Crippen molar-refractivity contribution in [1.29, 1.82) is 0 Å². The normalized spacial score (nSPS) is 28.5. The van der Waals surface area contributed by atoms with Crippen molar-refractivity contribution in [3.63, 3.8) is 0 Å². The van der Waals surface area contributed by atoms with Gasteiger partial charge in [-0.2, -0.15) is 0 Å². The number of rotatable bonds is 2. The molecule has 1 aromatic rings. The van der Waals surface area contributed by atoms with Crippen molar-refractivity contribution in [2.24, 2.45) is 5.92 Å². The first-order chi connectivity index (χ1) is 8.63. The van der Waals surface area contributed by atoms with Gasteiger partial charge in [-0.25, -0.2) is 4.39 Å². The minimum absolute atomic E-state index is 0.126. The average molecular weight is 248 g/mol. The number of nitrogens with one attached hydrogen (secondary N) is 1. The monoisotopic (exact) mass is 248 g/mol. The third kappa shape index (κ3) is 2.37. The fourth-order valence-electron chi connectivity index (χ4n) is 2.95. The van der Waals surface area contributed by atoms with Gasteiger partial charge in [0, 0.05) is 30.9 Å². The third-order valence-electron chi connectivity index (χ3n) is 4.15. The molecule has 0 amide bonds. The zero-order chi connectivity index (χ0) is 12.7. The average Bonchev–Trinajstić information content (AvgIpc) is 3.12. The lowest BCUT2D eigenvalue weighted by Gasteiger charge is -2.40. The quantitative estimate of drug-likeness (QED) is 0.865. The maximum atomic E-state index is 13.5. The molecule has 18 heavy (non-hydrogen) atoms. The first-order valence-corrected chi connectivity index (χ1v) is 6.90. The molecule has 1 aliphatic heterocycles. The van der Waals surface area contributed by atoms with Crippen molar-refractivity contribution in [3.8, 4) is 0 Å². The van der Waals surface area contributed by atoms with Crippen molar-refractivity contribution >= 4 is 5.69 Å². The molecule has 98 valence electrons. The predicted molar refractivity (Wildman–Crippen MR) is 72.5 cm³/mol. The lowest BCUT2D eigenvalue weighted by molar-refractivity contribution is 0.375. The van der Waals surface area contributed by atoms with Crippen molar-refractivity contribution < 1.29 is 4.39 Å². The number of hydrogen-bond donors (Lipinski definition) is 1. The summed E-state index contributed by atoms with van der Waals surface area (Å²) in [5.74, 6) is 0.716. The minimum atomic E-state index is -0.126. The summed E-state index contributed by atoms with van der Waals surface area (Å²) in [7, 11) is 0. The van der Waals surface area contributed by atoms with Gasteiger partial charge in [-0.05, 0) is 56.4 Å². The van der Waals surface area contributed by atoms with Gasteiger partial charge in [-0.1, -0.05) is 0 Å². The van der Waals surface area contributed by atoms with Gasteiger partial charge in [0.05, 0.1) is 0 Å². The Labute approximate surface area is 108 Å². The van der Waals surface area contributed by atoms with Crippen LogP contribution in [-0.4, -0.2) is 25.2 Å². The van der Waals surface area contributed by atoms with Gasteiger partial charge in [0.1, 0.15) is 5.82 Å². The molecule has 0 bridgehead atoms. The second-order valence-electron chi connectivity index (χ2n) is 5.84. The van der Waals surface area contributed by atoms with Crippen LogP contribution >= 0.6 is 0 Å². The largest absolute Gasteiger partial charge is 0.366 e. The Balaban J connectivity index is 1.83. The highest BCUT2D eigenvalue weighted by Crippen LogP contribution is 2.35. The smallest absolute Gasteiger partial charge is 0.125 e. The van der Waals surface area contributed by atoms with Crippen molar-refractivity contribution in [1.82, 2.24) is 5.32 Å². The van der Waals surface area contributed by atoms with Crippen LogP contribution in [0.3, 0.4) is 0 Å². The SMILES string of the molecule is Cc1cc(F)cc(N2CC(C3CC3)NCC2C)c1. The van der Waals surface area contributed by atoms with Gasteiger partial charge in [0.25, 0.3) is 0 Å². The molecule has 2 atom stereocenters. The molecule has 2 aliphatic rings. The highest BCUT2D eigenvalue weighted by atomic mass is 19.1. The lowest BCUT2D eigenvalue weighted by atomic mass is 10.0. The Morgan fingerprint density at radius 3 is 2.72 bits per heavy atom. The van der Waals surface area contributed by atoms with Crippen LogP contribution in [0.25, 0.3) is 0 Å². The molecule has 1 heterocycles. The molecule has 3 heteroatoms. The van der Waals surface area contributed by atoms with Gasteiger partial charge in [0.15, 0.2) is 0 Å². The number of halogens is 1. The molecule has 0 aromatic heterocycles. The fraction of sp³-hybridized carbons (Fsp3) is 0.600. The van der Waals surface area contributed by atoms with E-state index in [1.807, 2.05) is 6.92 Å². The Hall–Kier alpha value is -1.09. The molecule has 1 saturated carbocycles. The van der Waals surface area contributed by atoms with Crippen LogP contribution in [0.1, 0.15) is 25.3 Å². The minimum Gasteiger partial charge on any atom is -0.366 e. The molecule has 0 radical (unpaired) electrons. The van der Waals surface area contributed by atoms with E-state index in [-0.39, 0.29) is 5.82 Å². The second kappa shape index (κ2) is 4.54. The Bertz CT molecular complexity index is 422.